The Morgan fingerprint density at radius 2 is 2.22 bits per heavy atom. The van der Waals surface area contributed by atoms with E-state index in [1.54, 1.807) is 0 Å². The minimum Gasteiger partial charge on any atom is -0.310 e. The lowest BCUT2D eigenvalue weighted by molar-refractivity contribution is -0.119. The Labute approximate surface area is 116 Å². The van der Waals surface area contributed by atoms with Crippen molar-refractivity contribution in [3.63, 3.8) is 0 Å². The summed E-state index contributed by atoms with van der Waals surface area (Å²) in [5.41, 5.74) is 1.32. The Morgan fingerprint density at radius 3 is 2.89 bits per heavy atom. The van der Waals surface area contributed by atoms with E-state index in [1.165, 1.54) is 12.8 Å². The first kappa shape index (κ1) is 12.2. The van der Waals surface area contributed by atoms with E-state index >= 15 is 0 Å². The summed E-state index contributed by atoms with van der Waals surface area (Å²) in [7, 11) is 0. The van der Waals surface area contributed by atoms with Crippen LogP contribution in [0.1, 0.15) is 19.8 Å². The van der Waals surface area contributed by atoms with Crippen molar-refractivity contribution < 1.29 is 4.79 Å². The van der Waals surface area contributed by atoms with E-state index in [4.69, 9.17) is 0 Å². The van der Waals surface area contributed by atoms with Crippen molar-refractivity contribution in [2.45, 2.75) is 25.8 Å². The van der Waals surface area contributed by atoms with Gasteiger partial charge in [-0.2, -0.15) is 0 Å². The first-order valence-corrected chi connectivity index (χ1v) is 7.19. The number of amides is 1. The zero-order chi connectivity index (χ0) is 12.8. The molecular formula is C14H17BrN2O. The second-order valence-corrected chi connectivity index (χ2v) is 6.42. The number of benzene rings is 1. The molecule has 1 saturated carbocycles. The molecule has 96 valence electrons. The molecule has 1 atom stereocenters. The molecule has 1 amide bonds. The molecule has 3 nitrogen and oxygen atoms in total. The van der Waals surface area contributed by atoms with Gasteiger partial charge in [0.25, 0.3) is 0 Å². The molecule has 1 saturated heterocycles. The molecule has 1 N–H and O–H groups in total. The number of nitrogens with zero attached hydrogens (tertiary/aromatic N) is 1. The molecule has 1 unspecified atom stereocenters. The van der Waals surface area contributed by atoms with Gasteiger partial charge in [-0.3, -0.25) is 4.79 Å². The van der Waals surface area contributed by atoms with Crippen molar-refractivity contribution >= 4 is 27.5 Å². The van der Waals surface area contributed by atoms with E-state index in [2.05, 4.69) is 21.2 Å². The number of carbonyl (C=O) groups is 1. The van der Waals surface area contributed by atoms with Crippen LogP contribution in [0.5, 0.6) is 0 Å². The highest BCUT2D eigenvalue weighted by Gasteiger charge is 2.47. The van der Waals surface area contributed by atoms with Gasteiger partial charge < -0.3 is 10.2 Å². The van der Waals surface area contributed by atoms with Crippen LogP contribution in [0.2, 0.25) is 0 Å². The summed E-state index contributed by atoms with van der Waals surface area (Å²) in [6, 6.07) is 7.90. The van der Waals surface area contributed by atoms with Gasteiger partial charge in [-0.15, -0.1) is 0 Å². The Kier molecular flexibility index (Phi) is 2.94. The van der Waals surface area contributed by atoms with E-state index in [-0.39, 0.29) is 11.9 Å². The quantitative estimate of drug-likeness (QED) is 0.865. The summed E-state index contributed by atoms with van der Waals surface area (Å²) in [6.45, 7) is 3.76. The van der Waals surface area contributed by atoms with Crippen LogP contribution in [-0.2, 0) is 4.79 Å². The fourth-order valence-electron chi connectivity index (χ4n) is 2.53. The largest absolute Gasteiger partial charge is 0.310 e. The summed E-state index contributed by atoms with van der Waals surface area (Å²) in [5, 5.41) is 3.36. The van der Waals surface area contributed by atoms with Crippen molar-refractivity contribution in [2.24, 2.45) is 5.41 Å². The molecular weight excluding hydrogens is 292 g/mol. The fourth-order valence-corrected chi connectivity index (χ4v) is 2.92. The van der Waals surface area contributed by atoms with E-state index in [9.17, 15) is 4.79 Å². The maximum absolute atomic E-state index is 12.4. The van der Waals surface area contributed by atoms with E-state index in [0.717, 1.165) is 23.2 Å². The first-order valence-electron chi connectivity index (χ1n) is 6.40. The van der Waals surface area contributed by atoms with Gasteiger partial charge in [-0.25, -0.2) is 0 Å². The van der Waals surface area contributed by atoms with E-state index < -0.39 is 0 Å². The monoisotopic (exact) mass is 308 g/mol. The van der Waals surface area contributed by atoms with Gasteiger partial charge in [0.2, 0.25) is 5.91 Å². The molecule has 2 fully saturated rings. The van der Waals surface area contributed by atoms with Crippen LogP contribution < -0.4 is 10.2 Å². The molecule has 1 spiro atoms. The van der Waals surface area contributed by atoms with Crippen LogP contribution in [0.15, 0.2) is 28.7 Å². The summed E-state index contributed by atoms with van der Waals surface area (Å²) in [6.07, 6.45) is 2.45. The zero-order valence-corrected chi connectivity index (χ0v) is 12.0. The molecule has 0 aromatic heterocycles. The first-order chi connectivity index (χ1) is 8.60. The van der Waals surface area contributed by atoms with Crippen LogP contribution in [0.25, 0.3) is 0 Å². The number of hydrogen-bond acceptors (Lipinski definition) is 2. The molecule has 1 aliphatic heterocycles. The predicted octanol–water partition coefficient (Wildman–Crippen LogP) is 2.55. The molecule has 0 radical (unpaired) electrons. The molecule has 1 aromatic carbocycles. The van der Waals surface area contributed by atoms with Crippen LogP contribution in [0.4, 0.5) is 5.69 Å². The third-order valence-corrected chi connectivity index (χ3v) is 4.48. The second-order valence-electron chi connectivity index (χ2n) is 5.51. The van der Waals surface area contributed by atoms with Crippen molar-refractivity contribution in [2.75, 3.05) is 18.0 Å². The number of halogens is 1. The van der Waals surface area contributed by atoms with Crippen molar-refractivity contribution in [3.05, 3.63) is 28.7 Å². The van der Waals surface area contributed by atoms with Gasteiger partial charge in [0.05, 0.1) is 6.04 Å². The summed E-state index contributed by atoms with van der Waals surface area (Å²) in [4.78, 5) is 14.4. The molecule has 18 heavy (non-hydrogen) atoms. The molecule has 2 aliphatic rings. The van der Waals surface area contributed by atoms with Gasteiger partial charge >= 0.3 is 0 Å². The second kappa shape index (κ2) is 4.35. The van der Waals surface area contributed by atoms with Gasteiger partial charge in [-0.1, -0.05) is 22.0 Å². The Hall–Kier alpha value is -0.870. The van der Waals surface area contributed by atoms with Crippen molar-refractivity contribution in [1.82, 2.24) is 5.32 Å². The lowest BCUT2D eigenvalue weighted by Crippen LogP contribution is -2.41. The SMILES string of the molecule is CC1NCC2(CC2)CN(c2cccc(Br)c2)C1=O. The van der Waals surface area contributed by atoms with Crippen LogP contribution in [0.3, 0.4) is 0 Å². The minimum absolute atomic E-state index is 0.0936. The van der Waals surface area contributed by atoms with Gasteiger partial charge in [-0.05, 0) is 38.0 Å². The van der Waals surface area contributed by atoms with Crippen LogP contribution in [0, 0.1) is 5.41 Å². The molecule has 4 heteroatoms. The Bertz CT molecular complexity index is 484. The topological polar surface area (TPSA) is 32.3 Å². The lowest BCUT2D eigenvalue weighted by Gasteiger charge is -2.25. The number of anilines is 1. The van der Waals surface area contributed by atoms with E-state index in [1.807, 2.05) is 36.1 Å². The number of hydrogen-bond donors (Lipinski definition) is 1. The van der Waals surface area contributed by atoms with Gasteiger partial charge in [0, 0.05) is 28.7 Å². The van der Waals surface area contributed by atoms with Gasteiger partial charge in [0.15, 0.2) is 0 Å². The third-order valence-electron chi connectivity index (χ3n) is 3.99. The highest BCUT2D eigenvalue weighted by molar-refractivity contribution is 9.10. The summed E-state index contributed by atoms with van der Waals surface area (Å²) >= 11 is 3.47. The van der Waals surface area contributed by atoms with Crippen LogP contribution >= 0.6 is 15.9 Å². The van der Waals surface area contributed by atoms with Crippen molar-refractivity contribution in [3.8, 4) is 0 Å². The lowest BCUT2D eigenvalue weighted by atomic mass is 10.1. The average molecular weight is 309 g/mol. The number of nitrogens with one attached hydrogen (secondary N) is 1. The van der Waals surface area contributed by atoms with E-state index in [0.29, 0.717) is 5.41 Å². The Balaban J connectivity index is 1.94. The Morgan fingerprint density at radius 1 is 1.44 bits per heavy atom. The standard InChI is InChI=1S/C14H17BrN2O/c1-10-13(18)17(9-14(5-6-14)8-16-10)12-4-2-3-11(15)7-12/h2-4,7,10,16H,5-6,8-9H2,1H3. The maximum Gasteiger partial charge on any atom is 0.243 e. The normalized spacial score (nSPS) is 26.2. The number of carbonyl (C=O) groups excluding carboxylic acids is 1. The van der Waals surface area contributed by atoms with Crippen molar-refractivity contribution in [1.29, 1.82) is 0 Å². The average Bonchev–Trinajstić information content (AvgIpc) is 3.13. The molecule has 1 aromatic rings. The highest BCUT2D eigenvalue weighted by Crippen LogP contribution is 2.47. The minimum atomic E-state index is -0.0936. The van der Waals surface area contributed by atoms with Gasteiger partial charge in [0.1, 0.15) is 0 Å². The highest BCUT2D eigenvalue weighted by atomic mass is 79.9. The number of rotatable bonds is 1. The van der Waals surface area contributed by atoms with Crippen LogP contribution in [-0.4, -0.2) is 25.0 Å². The summed E-state index contributed by atoms with van der Waals surface area (Å²) in [5.74, 6) is 0.178. The maximum atomic E-state index is 12.4. The third kappa shape index (κ3) is 2.19. The molecule has 1 aliphatic carbocycles. The zero-order valence-electron chi connectivity index (χ0n) is 10.4. The fraction of sp³-hybridized carbons (Fsp3) is 0.500. The molecule has 1 heterocycles. The molecule has 0 bridgehead atoms. The smallest absolute Gasteiger partial charge is 0.243 e. The predicted molar refractivity (Wildman–Crippen MR) is 75.6 cm³/mol. The summed E-state index contributed by atoms with van der Waals surface area (Å²) < 4.78 is 1.02. The molecule has 3 rings (SSSR count).